The van der Waals surface area contributed by atoms with E-state index in [0.717, 1.165) is 0 Å². The highest BCUT2D eigenvalue weighted by atomic mass is 19.4. The van der Waals surface area contributed by atoms with Crippen LogP contribution in [0.2, 0.25) is 0 Å². The molecule has 166 valence electrons. The summed E-state index contributed by atoms with van der Waals surface area (Å²) in [6, 6.07) is 10.4. The van der Waals surface area contributed by atoms with E-state index in [1.807, 2.05) is 0 Å². The molecule has 1 amide bonds. The first-order valence-electron chi connectivity index (χ1n) is 9.30. The van der Waals surface area contributed by atoms with Crippen LogP contribution in [0.3, 0.4) is 0 Å². The number of halogens is 4. The average molecular weight is 447 g/mol. The maximum Gasteiger partial charge on any atom is 0.422 e. The lowest BCUT2D eigenvalue weighted by Gasteiger charge is -2.12. The molecule has 0 bridgehead atoms. The third-order valence-electron chi connectivity index (χ3n) is 4.28. The molecule has 1 N–H and O–H groups in total. The number of hydrogen-bond donors (Lipinski definition) is 1. The van der Waals surface area contributed by atoms with Crippen molar-refractivity contribution in [2.24, 2.45) is 0 Å². The summed E-state index contributed by atoms with van der Waals surface area (Å²) in [7, 11) is 0. The number of nitrogens with zero attached hydrogens (tertiary/aromatic N) is 4. The number of aryl methyl sites for hydroxylation is 1. The smallest absolute Gasteiger partial charge is 0.422 e. The zero-order valence-corrected chi connectivity index (χ0v) is 16.8. The summed E-state index contributed by atoms with van der Waals surface area (Å²) >= 11 is 0. The number of aromatic nitrogens is 3. The van der Waals surface area contributed by atoms with Crippen LogP contribution in [-0.4, -0.2) is 33.7 Å². The number of alkyl halides is 3. The number of anilines is 1. The summed E-state index contributed by atoms with van der Waals surface area (Å²) in [6.07, 6.45) is -3.14. The first-order valence-corrected chi connectivity index (χ1v) is 9.30. The van der Waals surface area contributed by atoms with E-state index in [2.05, 4.69) is 15.5 Å². The van der Waals surface area contributed by atoms with E-state index < -0.39 is 24.5 Å². The topological polar surface area (TPSA) is 92.8 Å². The number of amides is 1. The second kappa shape index (κ2) is 9.47. The van der Waals surface area contributed by atoms with Crippen molar-refractivity contribution in [1.82, 2.24) is 15.0 Å². The Labute approximate surface area is 180 Å². The maximum absolute atomic E-state index is 13.7. The van der Waals surface area contributed by atoms with Crippen LogP contribution in [0.25, 0.3) is 0 Å². The number of nitriles is 1. The molecule has 3 aromatic rings. The van der Waals surface area contributed by atoms with Crippen LogP contribution in [0.1, 0.15) is 22.3 Å². The van der Waals surface area contributed by atoms with Gasteiger partial charge in [-0.2, -0.15) is 28.3 Å². The highest BCUT2D eigenvalue weighted by molar-refractivity contribution is 5.91. The number of nitrogens with one attached hydrogen (secondary N) is 1. The number of carbonyl (C=O) groups excluding carboxylic acids is 1. The Morgan fingerprint density at radius 2 is 1.97 bits per heavy atom. The van der Waals surface area contributed by atoms with Crippen LogP contribution < -0.4 is 10.1 Å². The molecule has 0 fully saturated rings. The SMILES string of the molecule is Cc1cc(CC(=O)Nc2cnn(Cc3ccc(C#N)c(F)c3)n2)ccc1OCC(F)(F)F. The minimum atomic E-state index is -4.43. The summed E-state index contributed by atoms with van der Waals surface area (Å²) in [4.78, 5) is 13.5. The van der Waals surface area contributed by atoms with E-state index in [9.17, 15) is 22.4 Å². The summed E-state index contributed by atoms with van der Waals surface area (Å²) in [5.74, 6) is -0.764. The highest BCUT2D eigenvalue weighted by Gasteiger charge is 2.28. The lowest BCUT2D eigenvalue weighted by Crippen LogP contribution is -2.19. The first kappa shape index (κ1) is 22.7. The molecule has 1 heterocycles. The predicted molar refractivity (Wildman–Crippen MR) is 105 cm³/mol. The van der Waals surface area contributed by atoms with Gasteiger partial charge in [0, 0.05) is 0 Å². The molecule has 0 atom stereocenters. The number of carbonyl (C=O) groups is 1. The second-order valence-corrected chi connectivity index (χ2v) is 6.91. The van der Waals surface area contributed by atoms with Gasteiger partial charge in [-0.15, -0.1) is 5.10 Å². The van der Waals surface area contributed by atoms with Gasteiger partial charge in [-0.05, 0) is 41.8 Å². The molecule has 3 rings (SSSR count). The van der Waals surface area contributed by atoms with E-state index in [1.165, 1.54) is 35.3 Å². The van der Waals surface area contributed by atoms with E-state index in [4.69, 9.17) is 10.00 Å². The van der Waals surface area contributed by atoms with E-state index in [0.29, 0.717) is 16.7 Å². The minimum Gasteiger partial charge on any atom is -0.484 e. The molecule has 1 aromatic heterocycles. The zero-order valence-electron chi connectivity index (χ0n) is 16.8. The summed E-state index contributed by atoms with van der Waals surface area (Å²) in [5, 5.41) is 19.4. The van der Waals surface area contributed by atoms with Crippen LogP contribution in [0.15, 0.2) is 42.6 Å². The van der Waals surface area contributed by atoms with Crippen molar-refractivity contribution in [2.45, 2.75) is 26.1 Å². The first-order chi connectivity index (χ1) is 15.1. The van der Waals surface area contributed by atoms with E-state index in [-0.39, 0.29) is 30.1 Å². The molecule has 32 heavy (non-hydrogen) atoms. The fraction of sp³-hybridized carbons (Fsp3) is 0.238. The molecule has 0 radical (unpaired) electrons. The lowest BCUT2D eigenvalue weighted by molar-refractivity contribution is -0.153. The Hall–Kier alpha value is -3.94. The lowest BCUT2D eigenvalue weighted by atomic mass is 10.1. The van der Waals surface area contributed by atoms with Crippen molar-refractivity contribution in [3.05, 3.63) is 70.7 Å². The van der Waals surface area contributed by atoms with Crippen molar-refractivity contribution in [3.63, 3.8) is 0 Å². The van der Waals surface area contributed by atoms with Gasteiger partial charge in [0.05, 0.1) is 24.7 Å². The van der Waals surface area contributed by atoms with Gasteiger partial charge in [0.15, 0.2) is 12.4 Å². The van der Waals surface area contributed by atoms with Crippen molar-refractivity contribution >= 4 is 11.7 Å². The molecule has 2 aromatic carbocycles. The Morgan fingerprint density at radius 3 is 2.62 bits per heavy atom. The average Bonchev–Trinajstić information content (AvgIpc) is 3.13. The Morgan fingerprint density at radius 1 is 1.22 bits per heavy atom. The summed E-state index contributed by atoms with van der Waals surface area (Å²) in [6.45, 7) is 0.334. The van der Waals surface area contributed by atoms with Crippen LogP contribution in [0, 0.1) is 24.1 Å². The van der Waals surface area contributed by atoms with E-state index >= 15 is 0 Å². The molecule has 7 nitrogen and oxygen atoms in total. The van der Waals surface area contributed by atoms with Gasteiger partial charge in [-0.1, -0.05) is 18.2 Å². The molecule has 0 spiro atoms. The molecular weight excluding hydrogens is 430 g/mol. The fourth-order valence-electron chi connectivity index (χ4n) is 2.86. The second-order valence-electron chi connectivity index (χ2n) is 6.91. The maximum atomic E-state index is 13.7. The van der Waals surface area contributed by atoms with Gasteiger partial charge in [0.2, 0.25) is 5.91 Å². The van der Waals surface area contributed by atoms with Crippen LogP contribution in [0.5, 0.6) is 5.75 Å². The number of ether oxygens (including phenoxy) is 1. The van der Waals surface area contributed by atoms with Crippen LogP contribution >= 0.6 is 0 Å². The molecular formula is C21H17F4N5O2. The van der Waals surface area contributed by atoms with Gasteiger partial charge in [0.1, 0.15) is 17.6 Å². The molecule has 0 aliphatic rings. The predicted octanol–water partition coefficient (Wildman–Crippen LogP) is 3.77. The van der Waals surface area contributed by atoms with Crippen LogP contribution in [0.4, 0.5) is 23.4 Å². The largest absolute Gasteiger partial charge is 0.484 e. The van der Waals surface area contributed by atoms with Gasteiger partial charge in [-0.25, -0.2) is 4.39 Å². The molecule has 11 heteroatoms. The normalized spacial score (nSPS) is 11.1. The quantitative estimate of drug-likeness (QED) is 0.557. The number of benzene rings is 2. The van der Waals surface area contributed by atoms with Crippen molar-refractivity contribution in [3.8, 4) is 11.8 Å². The van der Waals surface area contributed by atoms with Gasteiger partial charge in [-0.3, -0.25) is 4.79 Å². The Balaban J connectivity index is 1.56. The molecule has 0 saturated carbocycles. The number of rotatable bonds is 7. The van der Waals surface area contributed by atoms with Gasteiger partial charge >= 0.3 is 6.18 Å². The summed E-state index contributed by atoms with van der Waals surface area (Å²) < 4.78 is 55.3. The van der Waals surface area contributed by atoms with Crippen molar-refractivity contribution < 1.29 is 27.1 Å². The standard InChI is InChI=1S/C21H17F4N5O2/c1-13-6-14(3-5-18(13)32-12-21(23,24)25)8-20(31)28-19-10-27-30(29-19)11-15-2-4-16(9-26)17(22)7-15/h2-7,10H,8,11-12H2,1H3,(H,28,29,31). The molecule has 0 unspecified atom stereocenters. The van der Waals surface area contributed by atoms with E-state index in [1.54, 1.807) is 25.1 Å². The third-order valence-corrected chi connectivity index (χ3v) is 4.28. The van der Waals surface area contributed by atoms with Gasteiger partial charge in [0.25, 0.3) is 0 Å². The molecule has 0 aliphatic carbocycles. The Bertz CT molecular complexity index is 1170. The summed E-state index contributed by atoms with van der Waals surface area (Å²) in [5.41, 5.74) is 1.53. The van der Waals surface area contributed by atoms with Gasteiger partial charge < -0.3 is 10.1 Å². The van der Waals surface area contributed by atoms with Crippen molar-refractivity contribution in [1.29, 1.82) is 5.26 Å². The van der Waals surface area contributed by atoms with Crippen LogP contribution in [-0.2, 0) is 17.8 Å². The third kappa shape index (κ3) is 6.28. The highest BCUT2D eigenvalue weighted by Crippen LogP contribution is 2.23. The monoisotopic (exact) mass is 447 g/mol. The molecule has 0 saturated heterocycles. The molecule has 0 aliphatic heterocycles. The van der Waals surface area contributed by atoms with Crippen molar-refractivity contribution in [2.75, 3.05) is 11.9 Å². The fourth-order valence-corrected chi connectivity index (χ4v) is 2.86. The Kier molecular flexibility index (Phi) is 6.73. The zero-order chi connectivity index (χ0) is 23.3. The minimum absolute atomic E-state index is 0.0336. The number of hydrogen-bond acceptors (Lipinski definition) is 5.